The quantitative estimate of drug-likeness (QED) is 0.556. The summed E-state index contributed by atoms with van der Waals surface area (Å²) in [7, 11) is 0. The average molecular weight is 280 g/mol. The summed E-state index contributed by atoms with van der Waals surface area (Å²) in [5.74, 6) is -7.02. The van der Waals surface area contributed by atoms with Gasteiger partial charge in [0.15, 0.2) is 11.6 Å². The van der Waals surface area contributed by atoms with Gasteiger partial charge in [0.05, 0.1) is 0 Å². The predicted octanol–water partition coefficient (Wildman–Crippen LogP) is 1.07. The second-order valence-corrected chi connectivity index (χ2v) is 4.77. The lowest BCUT2D eigenvalue weighted by Crippen LogP contribution is -2.55. The molecule has 0 aromatic carbocycles. The van der Waals surface area contributed by atoms with Crippen LogP contribution in [0.2, 0.25) is 0 Å². The van der Waals surface area contributed by atoms with Crippen LogP contribution in [0.25, 0.3) is 0 Å². The summed E-state index contributed by atoms with van der Waals surface area (Å²) in [6.07, 6.45) is 1.71. The maximum Gasteiger partial charge on any atom is 0.318 e. The smallest absolute Gasteiger partial charge is 0.318 e. The van der Waals surface area contributed by atoms with Crippen molar-refractivity contribution in [3.8, 4) is 0 Å². The van der Waals surface area contributed by atoms with E-state index in [2.05, 4.69) is 13.2 Å². The molecule has 20 heavy (non-hydrogen) atoms. The number of carbonyl (C=O) groups excluding carboxylic acids is 2. The van der Waals surface area contributed by atoms with Crippen molar-refractivity contribution < 1.29 is 29.4 Å². The van der Waals surface area contributed by atoms with Gasteiger partial charge in [-0.25, -0.2) is 0 Å². The summed E-state index contributed by atoms with van der Waals surface area (Å²) in [5, 5.41) is 18.4. The van der Waals surface area contributed by atoms with Crippen LogP contribution in [-0.4, -0.2) is 33.7 Å². The first-order valence-electron chi connectivity index (χ1n) is 6.08. The molecule has 0 heterocycles. The van der Waals surface area contributed by atoms with Gasteiger partial charge < -0.3 is 10.2 Å². The van der Waals surface area contributed by atoms with Gasteiger partial charge in [0.25, 0.3) is 0 Å². The highest BCUT2D eigenvalue weighted by atomic mass is 16.4. The molecule has 0 saturated heterocycles. The number of hydrogen-bond donors (Lipinski definition) is 2. The van der Waals surface area contributed by atoms with Gasteiger partial charge in [0.2, 0.25) is 0 Å². The van der Waals surface area contributed by atoms with Crippen LogP contribution in [0.4, 0.5) is 0 Å². The van der Waals surface area contributed by atoms with Crippen LogP contribution < -0.4 is 0 Å². The summed E-state index contributed by atoms with van der Waals surface area (Å²) in [6.45, 7) is 6.86. The van der Waals surface area contributed by atoms with E-state index in [0.29, 0.717) is 0 Å². The van der Waals surface area contributed by atoms with Crippen LogP contribution in [-0.2, 0) is 19.2 Å². The van der Waals surface area contributed by atoms with E-state index in [1.165, 1.54) is 12.2 Å². The van der Waals surface area contributed by atoms with Gasteiger partial charge in [0, 0.05) is 12.3 Å². The van der Waals surface area contributed by atoms with Gasteiger partial charge in [-0.15, -0.1) is 13.2 Å². The van der Waals surface area contributed by atoms with Crippen LogP contribution in [0, 0.1) is 17.3 Å². The van der Waals surface area contributed by atoms with Gasteiger partial charge in [0.1, 0.15) is 11.3 Å². The van der Waals surface area contributed by atoms with Crippen LogP contribution in [0.3, 0.4) is 0 Å². The second kappa shape index (κ2) is 5.81. The molecule has 0 bridgehead atoms. The molecule has 0 amide bonds. The Hall–Kier alpha value is -2.24. The maximum absolute atomic E-state index is 12.2. The van der Waals surface area contributed by atoms with Crippen molar-refractivity contribution in [2.75, 3.05) is 0 Å². The first kappa shape index (κ1) is 15.8. The third-order valence-electron chi connectivity index (χ3n) is 3.72. The Morgan fingerprint density at radius 1 is 1.25 bits per heavy atom. The van der Waals surface area contributed by atoms with Crippen molar-refractivity contribution in [2.45, 2.75) is 19.3 Å². The number of Topliss-reactive ketones (excluding diaryl/α,β-unsaturated/α-hetero) is 2. The van der Waals surface area contributed by atoms with Gasteiger partial charge in [-0.2, -0.15) is 0 Å². The molecule has 0 radical (unpaired) electrons. The molecule has 1 rings (SSSR count). The summed E-state index contributed by atoms with van der Waals surface area (Å²) < 4.78 is 0. The Bertz CT molecular complexity index is 490. The van der Waals surface area contributed by atoms with E-state index in [-0.39, 0.29) is 12.8 Å². The predicted molar refractivity (Wildman–Crippen MR) is 68.9 cm³/mol. The van der Waals surface area contributed by atoms with Crippen LogP contribution in [0.5, 0.6) is 0 Å². The first-order chi connectivity index (χ1) is 9.32. The molecule has 0 aliphatic heterocycles. The summed E-state index contributed by atoms with van der Waals surface area (Å²) >= 11 is 0. The molecule has 6 nitrogen and oxygen atoms in total. The van der Waals surface area contributed by atoms with Crippen molar-refractivity contribution in [1.82, 2.24) is 0 Å². The molecule has 0 aromatic heterocycles. The van der Waals surface area contributed by atoms with Crippen molar-refractivity contribution in [3.05, 3.63) is 25.3 Å². The second-order valence-electron chi connectivity index (χ2n) is 4.77. The zero-order valence-electron chi connectivity index (χ0n) is 10.9. The van der Waals surface area contributed by atoms with E-state index in [4.69, 9.17) is 5.11 Å². The maximum atomic E-state index is 12.2. The minimum Gasteiger partial charge on any atom is -0.481 e. The molecule has 2 N–H and O–H groups in total. The van der Waals surface area contributed by atoms with E-state index in [0.717, 1.165) is 0 Å². The molecular formula is C14H16O6. The van der Waals surface area contributed by atoms with E-state index < -0.39 is 47.2 Å². The standard InChI is InChI=1S/C14H16O6/c1-3-5-9-11(16)8(12(17)18)7-10(15)14(9,6-4-2)13(19)20/h3-4,8-9H,1-2,5-7H2,(H,17,18)(H,19,20). The van der Waals surface area contributed by atoms with E-state index >= 15 is 0 Å². The highest BCUT2D eigenvalue weighted by molar-refractivity contribution is 6.16. The molecule has 1 aliphatic rings. The Morgan fingerprint density at radius 3 is 2.25 bits per heavy atom. The topological polar surface area (TPSA) is 109 Å². The normalized spacial score (nSPS) is 29.8. The molecule has 3 atom stereocenters. The molecular weight excluding hydrogens is 264 g/mol. The fourth-order valence-corrected chi connectivity index (χ4v) is 2.68. The third kappa shape index (κ3) is 2.29. The monoisotopic (exact) mass is 280 g/mol. The lowest BCUT2D eigenvalue weighted by atomic mass is 9.59. The van der Waals surface area contributed by atoms with E-state index in [9.17, 15) is 24.3 Å². The molecule has 1 saturated carbocycles. The number of aliphatic carboxylic acids is 2. The summed E-state index contributed by atoms with van der Waals surface area (Å²) in [6, 6.07) is 0. The summed E-state index contributed by atoms with van der Waals surface area (Å²) in [5.41, 5.74) is -1.93. The van der Waals surface area contributed by atoms with Gasteiger partial charge in [-0.05, 0) is 12.8 Å². The van der Waals surface area contributed by atoms with Crippen molar-refractivity contribution in [2.24, 2.45) is 17.3 Å². The fraction of sp³-hybridized carbons (Fsp3) is 0.429. The SMILES string of the molecule is C=CCC1C(=O)C(C(=O)O)CC(=O)C1(CC=C)C(=O)O. The van der Waals surface area contributed by atoms with Crippen molar-refractivity contribution in [1.29, 1.82) is 0 Å². The van der Waals surface area contributed by atoms with Gasteiger partial charge >= 0.3 is 11.9 Å². The molecule has 0 spiro atoms. The minimum absolute atomic E-state index is 0.0610. The largest absolute Gasteiger partial charge is 0.481 e. The zero-order chi connectivity index (χ0) is 15.5. The lowest BCUT2D eigenvalue weighted by Gasteiger charge is -2.39. The number of allylic oxidation sites excluding steroid dienone is 2. The summed E-state index contributed by atoms with van der Waals surface area (Å²) in [4.78, 5) is 47.0. The molecule has 6 heteroatoms. The van der Waals surface area contributed by atoms with Crippen molar-refractivity contribution in [3.63, 3.8) is 0 Å². The van der Waals surface area contributed by atoms with Crippen LogP contribution in [0.1, 0.15) is 19.3 Å². The third-order valence-corrected chi connectivity index (χ3v) is 3.72. The highest BCUT2D eigenvalue weighted by Gasteiger charge is 2.59. The molecule has 108 valence electrons. The number of carboxylic acids is 2. The average Bonchev–Trinajstić information content (AvgIpc) is 2.37. The number of rotatable bonds is 6. The lowest BCUT2D eigenvalue weighted by molar-refractivity contribution is -0.171. The number of carbonyl (C=O) groups is 4. The fourth-order valence-electron chi connectivity index (χ4n) is 2.68. The highest BCUT2D eigenvalue weighted by Crippen LogP contribution is 2.44. The Labute approximate surface area is 115 Å². The van der Waals surface area contributed by atoms with E-state index in [1.807, 2.05) is 0 Å². The molecule has 0 aromatic rings. The zero-order valence-corrected chi connectivity index (χ0v) is 10.9. The van der Waals surface area contributed by atoms with Gasteiger partial charge in [-0.1, -0.05) is 12.2 Å². The Balaban J connectivity index is 3.40. The van der Waals surface area contributed by atoms with E-state index in [1.54, 1.807) is 0 Å². The number of ketones is 2. The van der Waals surface area contributed by atoms with Crippen LogP contribution in [0.15, 0.2) is 25.3 Å². The molecule has 3 unspecified atom stereocenters. The Morgan fingerprint density at radius 2 is 1.85 bits per heavy atom. The Kier molecular flexibility index (Phi) is 4.60. The first-order valence-corrected chi connectivity index (χ1v) is 6.08. The number of carboxylic acid groups (broad SMARTS) is 2. The molecule has 1 fully saturated rings. The minimum atomic E-state index is -1.93. The van der Waals surface area contributed by atoms with Crippen LogP contribution >= 0.6 is 0 Å². The van der Waals surface area contributed by atoms with Gasteiger partial charge in [-0.3, -0.25) is 19.2 Å². The molecule has 1 aliphatic carbocycles. The van der Waals surface area contributed by atoms with Crippen molar-refractivity contribution >= 4 is 23.5 Å². The number of hydrogen-bond acceptors (Lipinski definition) is 4.